The van der Waals surface area contributed by atoms with Gasteiger partial charge in [-0.1, -0.05) is 30.3 Å². The summed E-state index contributed by atoms with van der Waals surface area (Å²) in [4.78, 5) is 17.5. The first-order valence-electron chi connectivity index (χ1n) is 8.14. The highest BCUT2D eigenvalue weighted by molar-refractivity contribution is 7.17. The van der Waals surface area contributed by atoms with Crippen LogP contribution in [0, 0.1) is 6.92 Å². The highest BCUT2D eigenvalue weighted by atomic mass is 32.1. The van der Waals surface area contributed by atoms with Crippen LogP contribution in [0.1, 0.15) is 27.3 Å². The largest absolute Gasteiger partial charge is 0.377 e. The molecule has 0 saturated heterocycles. The smallest absolute Gasteiger partial charge is 0.263 e. The number of nitrogens with zero attached hydrogens (tertiary/aromatic N) is 1. The van der Waals surface area contributed by atoms with Crippen LogP contribution in [0.5, 0.6) is 0 Å². The van der Waals surface area contributed by atoms with Crippen LogP contribution in [-0.2, 0) is 11.3 Å². The van der Waals surface area contributed by atoms with E-state index in [1.807, 2.05) is 54.1 Å². The topological polar surface area (TPSA) is 51.2 Å². The van der Waals surface area contributed by atoms with Crippen molar-refractivity contribution in [2.45, 2.75) is 20.0 Å². The van der Waals surface area contributed by atoms with Crippen LogP contribution in [0.3, 0.4) is 0 Å². The Morgan fingerprint density at radius 3 is 2.84 bits per heavy atom. The van der Waals surface area contributed by atoms with Gasteiger partial charge in [0.05, 0.1) is 12.3 Å². The fourth-order valence-electron chi connectivity index (χ4n) is 2.34. The van der Waals surface area contributed by atoms with E-state index in [0.29, 0.717) is 24.6 Å². The summed E-state index contributed by atoms with van der Waals surface area (Å²) in [6.45, 7) is 3.70. The molecule has 1 amide bonds. The van der Waals surface area contributed by atoms with Crippen molar-refractivity contribution in [2.75, 3.05) is 13.2 Å². The molecule has 3 rings (SSSR count). The molecule has 0 aliphatic heterocycles. The van der Waals surface area contributed by atoms with Gasteiger partial charge in [0.2, 0.25) is 0 Å². The Bertz CT molecular complexity index is 798. The maximum absolute atomic E-state index is 12.3. The maximum Gasteiger partial charge on any atom is 0.263 e. The van der Waals surface area contributed by atoms with E-state index in [2.05, 4.69) is 10.3 Å². The lowest BCUT2D eigenvalue weighted by Gasteiger charge is -2.06. The first kappa shape index (κ1) is 17.8. The second kappa shape index (κ2) is 8.89. The monoisotopic (exact) mass is 372 g/mol. The number of carbonyl (C=O) groups excluding carboxylic acids is 1. The Morgan fingerprint density at radius 1 is 1.24 bits per heavy atom. The molecular formula is C19H20N2O2S2. The third-order valence-corrected chi connectivity index (χ3v) is 5.52. The lowest BCUT2D eigenvalue weighted by Crippen LogP contribution is -2.25. The number of thiophene rings is 1. The van der Waals surface area contributed by atoms with E-state index in [1.54, 1.807) is 11.3 Å². The van der Waals surface area contributed by atoms with E-state index in [9.17, 15) is 4.79 Å². The Balaban J connectivity index is 1.41. The van der Waals surface area contributed by atoms with Crippen molar-refractivity contribution in [1.29, 1.82) is 0 Å². The highest BCUT2D eigenvalue weighted by Gasteiger charge is 2.15. The van der Waals surface area contributed by atoms with Crippen LogP contribution in [0.25, 0.3) is 10.6 Å². The Morgan fingerprint density at radius 2 is 2.08 bits per heavy atom. The van der Waals surface area contributed by atoms with Gasteiger partial charge < -0.3 is 10.1 Å². The molecule has 1 aromatic carbocycles. The molecule has 0 aliphatic rings. The SMILES string of the molecule is Cc1nc(-c2ccsc2)sc1C(=O)NCCCOCc1ccccc1. The Labute approximate surface area is 155 Å². The molecule has 0 fully saturated rings. The zero-order valence-electron chi connectivity index (χ0n) is 14.0. The number of ether oxygens (including phenoxy) is 1. The van der Waals surface area contributed by atoms with Gasteiger partial charge in [-0.25, -0.2) is 4.98 Å². The van der Waals surface area contributed by atoms with E-state index in [4.69, 9.17) is 4.74 Å². The quantitative estimate of drug-likeness (QED) is 0.592. The van der Waals surface area contributed by atoms with Crippen LogP contribution in [0.15, 0.2) is 47.2 Å². The molecule has 2 heterocycles. The summed E-state index contributed by atoms with van der Waals surface area (Å²) in [5.74, 6) is -0.0560. The zero-order valence-corrected chi connectivity index (χ0v) is 15.7. The summed E-state index contributed by atoms with van der Waals surface area (Å²) in [6.07, 6.45) is 0.786. The zero-order chi connectivity index (χ0) is 17.5. The third kappa shape index (κ3) is 4.98. The van der Waals surface area contributed by atoms with Crippen molar-refractivity contribution in [3.8, 4) is 10.6 Å². The van der Waals surface area contributed by atoms with E-state index in [1.165, 1.54) is 11.3 Å². The summed E-state index contributed by atoms with van der Waals surface area (Å²) in [6, 6.07) is 12.1. The van der Waals surface area contributed by atoms with Crippen molar-refractivity contribution in [1.82, 2.24) is 10.3 Å². The highest BCUT2D eigenvalue weighted by Crippen LogP contribution is 2.29. The molecular weight excluding hydrogens is 352 g/mol. The van der Waals surface area contributed by atoms with Crippen LogP contribution in [0.2, 0.25) is 0 Å². The van der Waals surface area contributed by atoms with Crippen molar-refractivity contribution >= 4 is 28.6 Å². The molecule has 0 radical (unpaired) electrons. The fourth-order valence-corrected chi connectivity index (χ4v) is 4.03. The van der Waals surface area contributed by atoms with Gasteiger partial charge in [-0.05, 0) is 30.4 Å². The number of thiazole rings is 1. The fraction of sp³-hybridized carbons (Fsp3) is 0.263. The first-order chi connectivity index (χ1) is 12.2. The van der Waals surface area contributed by atoms with Gasteiger partial charge in [0.1, 0.15) is 9.88 Å². The van der Waals surface area contributed by atoms with Gasteiger partial charge in [-0.3, -0.25) is 4.79 Å². The summed E-state index contributed by atoms with van der Waals surface area (Å²) < 4.78 is 5.62. The second-order valence-corrected chi connectivity index (χ2v) is 7.37. The number of benzene rings is 1. The van der Waals surface area contributed by atoms with Gasteiger partial charge in [-0.2, -0.15) is 11.3 Å². The molecule has 0 unspecified atom stereocenters. The van der Waals surface area contributed by atoms with Crippen LogP contribution < -0.4 is 5.32 Å². The van der Waals surface area contributed by atoms with Gasteiger partial charge >= 0.3 is 0 Å². The number of rotatable bonds is 8. The van der Waals surface area contributed by atoms with Gasteiger partial charge in [0.25, 0.3) is 5.91 Å². The molecule has 3 aromatic rings. The number of aromatic nitrogens is 1. The maximum atomic E-state index is 12.3. The molecule has 1 N–H and O–H groups in total. The summed E-state index contributed by atoms with van der Waals surface area (Å²) in [5, 5.41) is 7.91. The van der Waals surface area contributed by atoms with Gasteiger partial charge in [0, 0.05) is 24.1 Å². The molecule has 0 atom stereocenters. The molecule has 6 heteroatoms. The molecule has 0 bridgehead atoms. The summed E-state index contributed by atoms with van der Waals surface area (Å²) in [7, 11) is 0. The minimum atomic E-state index is -0.0560. The number of aryl methyl sites for hydroxylation is 1. The normalized spacial score (nSPS) is 10.8. The minimum absolute atomic E-state index is 0.0560. The molecule has 0 spiro atoms. The Hall–Kier alpha value is -2.02. The van der Waals surface area contributed by atoms with Crippen LogP contribution in [0.4, 0.5) is 0 Å². The summed E-state index contributed by atoms with van der Waals surface area (Å²) in [5.41, 5.74) is 3.02. The van der Waals surface area contributed by atoms with E-state index in [-0.39, 0.29) is 5.91 Å². The standard InChI is InChI=1S/C19H20N2O2S2/c1-14-17(25-19(21-14)16-8-11-24-13-16)18(22)20-9-5-10-23-12-15-6-3-2-4-7-15/h2-4,6-8,11,13H,5,9-10,12H2,1H3,(H,20,22). The average Bonchev–Trinajstić information content (AvgIpc) is 3.28. The Kier molecular flexibility index (Phi) is 6.33. The van der Waals surface area contributed by atoms with Crippen LogP contribution >= 0.6 is 22.7 Å². The number of carbonyl (C=O) groups is 1. The van der Waals surface area contributed by atoms with Crippen molar-refractivity contribution in [3.63, 3.8) is 0 Å². The lowest BCUT2D eigenvalue weighted by molar-refractivity contribution is 0.0937. The minimum Gasteiger partial charge on any atom is -0.377 e. The number of amides is 1. The molecule has 25 heavy (non-hydrogen) atoms. The van der Waals surface area contributed by atoms with Gasteiger partial charge in [0.15, 0.2) is 0 Å². The molecule has 0 saturated carbocycles. The van der Waals surface area contributed by atoms with E-state index >= 15 is 0 Å². The predicted octanol–water partition coefficient (Wildman–Crippen LogP) is 4.52. The van der Waals surface area contributed by atoms with Gasteiger partial charge in [-0.15, -0.1) is 11.3 Å². The second-order valence-electron chi connectivity index (χ2n) is 5.59. The van der Waals surface area contributed by atoms with Crippen molar-refractivity contribution in [3.05, 3.63) is 63.3 Å². The predicted molar refractivity (Wildman–Crippen MR) is 103 cm³/mol. The number of nitrogens with one attached hydrogen (secondary N) is 1. The molecule has 0 aliphatic carbocycles. The molecule has 2 aromatic heterocycles. The van der Waals surface area contributed by atoms with Crippen molar-refractivity contribution < 1.29 is 9.53 Å². The number of hydrogen-bond acceptors (Lipinski definition) is 5. The molecule has 130 valence electrons. The van der Waals surface area contributed by atoms with Crippen molar-refractivity contribution in [2.24, 2.45) is 0 Å². The molecule has 4 nitrogen and oxygen atoms in total. The lowest BCUT2D eigenvalue weighted by atomic mass is 10.2. The number of hydrogen-bond donors (Lipinski definition) is 1. The average molecular weight is 373 g/mol. The first-order valence-corrected chi connectivity index (χ1v) is 9.90. The third-order valence-electron chi connectivity index (χ3n) is 3.63. The van der Waals surface area contributed by atoms with E-state index in [0.717, 1.165) is 28.2 Å². The van der Waals surface area contributed by atoms with E-state index < -0.39 is 0 Å². The summed E-state index contributed by atoms with van der Waals surface area (Å²) >= 11 is 3.07. The van der Waals surface area contributed by atoms with Crippen LogP contribution in [-0.4, -0.2) is 24.0 Å².